The lowest BCUT2D eigenvalue weighted by atomic mass is 10.1. The van der Waals surface area contributed by atoms with Crippen LogP contribution in [0, 0.1) is 0 Å². The average molecular weight is 219 g/mol. The van der Waals surface area contributed by atoms with Crippen molar-refractivity contribution in [3.05, 3.63) is 42.0 Å². The summed E-state index contributed by atoms with van der Waals surface area (Å²) >= 11 is 0. The number of H-pyrrole nitrogens is 1. The molecule has 0 bridgehead atoms. The molecule has 82 valence electrons. The van der Waals surface area contributed by atoms with Crippen molar-refractivity contribution in [2.24, 2.45) is 0 Å². The SMILES string of the molecule is [2H]c1c([2H])c([2H])c2c(/C=C/C(=O)OCC)c[nH]c2c1[2H]. The predicted molar refractivity (Wildman–Crippen MR) is 64.0 cm³/mol. The minimum Gasteiger partial charge on any atom is -0.463 e. The second kappa shape index (κ2) is 4.66. The first kappa shape index (κ1) is 6.53. The Hall–Kier alpha value is -2.03. The van der Waals surface area contributed by atoms with Crippen LogP contribution in [0.4, 0.5) is 0 Å². The zero-order valence-electron chi connectivity index (χ0n) is 12.8. The van der Waals surface area contributed by atoms with Crippen molar-refractivity contribution in [3.8, 4) is 0 Å². The number of para-hydroxylation sites is 1. The normalized spacial score (nSPS) is 14.6. The van der Waals surface area contributed by atoms with Crippen LogP contribution < -0.4 is 0 Å². The topological polar surface area (TPSA) is 42.1 Å². The molecule has 1 N–H and O–H groups in total. The van der Waals surface area contributed by atoms with Crippen molar-refractivity contribution in [2.75, 3.05) is 6.61 Å². The number of hydrogen-bond acceptors (Lipinski definition) is 2. The summed E-state index contributed by atoms with van der Waals surface area (Å²) in [4.78, 5) is 14.1. The van der Waals surface area contributed by atoms with Crippen molar-refractivity contribution >= 4 is 22.9 Å². The van der Waals surface area contributed by atoms with Gasteiger partial charge in [0.05, 0.1) is 12.1 Å². The zero-order chi connectivity index (χ0) is 14.9. The second-order valence-electron chi connectivity index (χ2n) is 3.08. The molecule has 2 aromatic rings. The summed E-state index contributed by atoms with van der Waals surface area (Å²) in [7, 11) is 0. The van der Waals surface area contributed by atoms with Gasteiger partial charge in [0.25, 0.3) is 0 Å². The largest absolute Gasteiger partial charge is 0.463 e. The van der Waals surface area contributed by atoms with Crippen LogP contribution >= 0.6 is 0 Å². The molecule has 1 aromatic carbocycles. The van der Waals surface area contributed by atoms with E-state index in [9.17, 15) is 4.79 Å². The van der Waals surface area contributed by atoms with E-state index in [0.717, 1.165) is 0 Å². The van der Waals surface area contributed by atoms with E-state index in [1.807, 2.05) is 0 Å². The molecule has 0 aliphatic carbocycles. The number of nitrogens with one attached hydrogen (secondary N) is 1. The molecule has 0 aliphatic heterocycles. The van der Waals surface area contributed by atoms with Crippen LogP contribution in [0.1, 0.15) is 18.0 Å². The number of fused-ring (bicyclic) bond motifs is 1. The summed E-state index contributed by atoms with van der Waals surface area (Å²) in [5, 5.41) is 0.358. The van der Waals surface area contributed by atoms with E-state index < -0.39 is 5.97 Å². The number of hydrogen-bond donors (Lipinski definition) is 1. The van der Waals surface area contributed by atoms with Gasteiger partial charge in [0.2, 0.25) is 0 Å². The maximum absolute atomic E-state index is 11.3. The summed E-state index contributed by atoms with van der Waals surface area (Å²) in [5.74, 6) is -0.498. The number of carbonyl (C=O) groups excluding carboxylic acids is 1. The molecule has 1 aromatic heterocycles. The van der Waals surface area contributed by atoms with Crippen LogP contribution in [0.5, 0.6) is 0 Å². The number of benzene rings is 1. The zero-order valence-corrected chi connectivity index (χ0v) is 8.76. The van der Waals surface area contributed by atoms with E-state index in [4.69, 9.17) is 10.2 Å². The molecular weight excluding hydrogens is 202 g/mol. The molecule has 0 fully saturated rings. The molecule has 3 nitrogen and oxygen atoms in total. The lowest BCUT2D eigenvalue weighted by Crippen LogP contribution is -1.98. The van der Waals surface area contributed by atoms with Crippen LogP contribution in [-0.2, 0) is 9.53 Å². The Bertz CT molecular complexity index is 706. The monoisotopic (exact) mass is 219 g/mol. The summed E-state index contributed by atoms with van der Waals surface area (Å²) in [6, 6.07) is -0.847. The first-order valence-electron chi connectivity index (χ1n) is 6.89. The van der Waals surface area contributed by atoms with Gasteiger partial charge in [-0.2, -0.15) is 0 Å². The Labute approximate surface area is 99.4 Å². The molecule has 3 heteroatoms. The van der Waals surface area contributed by atoms with Crippen molar-refractivity contribution in [1.82, 2.24) is 4.98 Å². The standard InChI is InChI=1S/C13H13NO2/c1-2-16-13(15)8-7-10-9-14-12-6-4-3-5-11(10)12/h3-9,14H,2H2,1H3/b8-7+/i3D,4D,5D,6D. The van der Waals surface area contributed by atoms with Gasteiger partial charge in [-0.1, -0.05) is 18.1 Å². The second-order valence-corrected chi connectivity index (χ2v) is 3.08. The molecule has 0 aliphatic rings. The molecule has 16 heavy (non-hydrogen) atoms. The Balaban J connectivity index is 2.55. The highest BCUT2D eigenvalue weighted by molar-refractivity contribution is 5.93. The van der Waals surface area contributed by atoms with Gasteiger partial charge in [0.15, 0.2) is 0 Å². The Kier molecular flexibility index (Phi) is 1.90. The molecular formula is C13H13NO2. The van der Waals surface area contributed by atoms with E-state index in [2.05, 4.69) is 4.98 Å². The van der Waals surface area contributed by atoms with Crippen LogP contribution in [-0.4, -0.2) is 17.6 Å². The third-order valence-corrected chi connectivity index (χ3v) is 2.03. The van der Waals surface area contributed by atoms with Crippen molar-refractivity contribution < 1.29 is 15.0 Å². The van der Waals surface area contributed by atoms with Crippen LogP contribution in [0.2, 0.25) is 0 Å². The first-order chi connectivity index (χ1) is 9.47. The first-order valence-corrected chi connectivity index (χ1v) is 4.89. The molecule has 0 spiro atoms. The maximum atomic E-state index is 11.3. The molecule has 1 heterocycles. The van der Waals surface area contributed by atoms with E-state index in [0.29, 0.717) is 16.5 Å². The van der Waals surface area contributed by atoms with Gasteiger partial charge in [0.1, 0.15) is 0 Å². The third kappa shape index (κ3) is 2.14. The van der Waals surface area contributed by atoms with Gasteiger partial charge < -0.3 is 9.72 Å². The fourth-order valence-corrected chi connectivity index (χ4v) is 1.34. The quantitative estimate of drug-likeness (QED) is 0.637. The summed E-state index contributed by atoms with van der Waals surface area (Å²) in [5.41, 5.74) is 0.833. The number of aromatic amines is 1. The van der Waals surface area contributed by atoms with Crippen LogP contribution in [0.25, 0.3) is 17.0 Å². The van der Waals surface area contributed by atoms with Gasteiger partial charge in [-0.3, -0.25) is 0 Å². The summed E-state index contributed by atoms with van der Waals surface area (Å²) < 4.78 is 35.7. The number of rotatable bonds is 3. The van der Waals surface area contributed by atoms with Gasteiger partial charge in [-0.05, 0) is 19.0 Å². The average Bonchev–Trinajstić information content (AvgIpc) is 2.85. The number of ether oxygens (including phenoxy) is 1. The Morgan fingerprint density at radius 3 is 3.19 bits per heavy atom. The predicted octanol–water partition coefficient (Wildman–Crippen LogP) is 2.74. The molecule has 0 atom stereocenters. The summed E-state index contributed by atoms with van der Waals surface area (Å²) in [6.45, 7) is 1.98. The fourth-order valence-electron chi connectivity index (χ4n) is 1.34. The highest BCUT2D eigenvalue weighted by atomic mass is 16.5. The van der Waals surface area contributed by atoms with Crippen molar-refractivity contribution in [1.29, 1.82) is 0 Å². The fraction of sp³-hybridized carbons (Fsp3) is 0.154. The van der Waals surface area contributed by atoms with E-state index in [-0.39, 0.29) is 30.8 Å². The molecule has 0 saturated carbocycles. The smallest absolute Gasteiger partial charge is 0.330 e. The van der Waals surface area contributed by atoms with Crippen molar-refractivity contribution in [2.45, 2.75) is 6.92 Å². The number of esters is 1. The lowest BCUT2D eigenvalue weighted by Gasteiger charge is -1.94. The third-order valence-electron chi connectivity index (χ3n) is 2.03. The Morgan fingerprint density at radius 2 is 2.38 bits per heavy atom. The summed E-state index contributed by atoms with van der Waals surface area (Å²) in [6.07, 6.45) is 4.24. The highest BCUT2D eigenvalue weighted by Crippen LogP contribution is 2.18. The van der Waals surface area contributed by atoms with Gasteiger partial charge >= 0.3 is 5.97 Å². The van der Waals surface area contributed by atoms with E-state index in [1.165, 1.54) is 18.3 Å². The Morgan fingerprint density at radius 1 is 1.56 bits per heavy atom. The van der Waals surface area contributed by atoms with Gasteiger partial charge in [-0.15, -0.1) is 0 Å². The number of carbonyl (C=O) groups is 1. The van der Waals surface area contributed by atoms with Crippen molar-refractivity contribution in [3.63, 3.8) is 0 Å². The lowest BCUT2D eigenvalue weighted by molar-refractivity contribution is -0.137. The van der Waals surface area contributed by atoms with E-state index in [1.54, 1.807) is 6.92 Å². The van der Waals surface area contributed by atoms with Crippen LogP contribution in [0.15, 0.2) is 36.4 Å². The maximum Gasteiger partial charge on any atom is 0.330 e. The van der Waals surface area contributed by atoms with E-state index >= 15 is 0 Å². The molecule has 0 unspecified atom stereocenters. The molecule has 0 saturated heterocycles. The van der Waals surface area contributed by atoms with Gasteiger partial charge in [-0.25, -0.2) is 4.79 Å². The van der Waals surface area contributed by atoms with Crippen LogP contribution in [0.3, 0.4) is 0 Å². The minimum atomic E-state index is -0.498. The molecule has 2 rings (SSSR count). The van der Waals surface area contributed by atoms with Gasteiger partial charge in [0, 0.05) is 28.7 Å². The minimum absolute atomic E-state index is 0.128. The number of aromatic nitrogens is 1. The molecule has 0 radical (unpaired) electrons. The highest BCUT2D eigenvalue weighted by Gasteiger charge is 2.00. The molecule has 0 amide bonds.